The number of hydrogen-bond donors (Lipinski definition) is 1. The van der Waals surface area contributed by atoms with Crippen LogP contribution in [0.1, 0.15) is 15.9 Å². The number of nitrogens with one attached hydrogen (secondary N) is 1. The number of halogens is 1. The monoisotopic (exact) mass is 382 g/mol. The quantitative estimate of drug-likeness (QED) is 0.499. The Labute approximate surface area is 129 Å². The van der Waals surface area contributed by atoms with Gasteiger partial charge in [0.25, 0.3) is 11.6 Å². The summed E-state index contributed by atoms with van der Waals surface area (Å²) in [7, 11) is 0. The Hall–Kier alpha value is -1.96. The van der Waals surface area contributed by atoms with Gasteiger partial charge in [-0.1, -0.05) is 12.1 Å². The van der Waals surface area contributed by atoms with Crippen LogP contribution in [-0.2, 0) is 0 Å². The van der Waals surface area contributed by atoms with Crippen molar-refractivity contribution >= 4 is 39.9 Å². The van der Waals surface area contributed by atoms with Gasteiger partial charge in [-0.3, -0.25) is 14.9 Å². The number of amides is 1. The van der Waals surface area contributed by atoms with Crippen molar-refractivity contribution in [1.82, 2.24) is 0 Å². The lowest BCUT2D eigenvalue weighted by molar-refractivity contribution is -0.385. The zero-order valence-electron chi connectivity index (χ0n) is 10.6. The van der Waals surface area contributed by atoms with Gasteiger partial charge >= 0.3 is 0 Å². The molecule has 102 valence electrons. The van der Waals surface area contributed by atoms with Crippen molar-refractivity contribution in [2.75, 3.05) is 5.32 Å². The molecule has 1 amide bonds. The third-order valence-electron chi connectivity index (χ3n) is 2.68. The fourth-order valence-electron chi connectivity index (χ4n) is 1.76. The normalized spacial score (nSPS) is 10.1. The van der Waals surface area contributed by atoms with Crippen molar-refractivity contribution < 1.29 is 9.72 Å². The number of anilines is 1. The van der Waals surface area contributed by atoms with E-state index in [0.29, 0.717) is 5.69 Å². The highest BCUT2D eigenvalue weighted by Gasteiger charge is 2.20. The Morgan fingerprint density at radius 1 is 1.25 bits per heavy atom. The predicted molar refractivity (Wildman–Crippen MR) is 84.9 cm³/mol. The lowest BCUT2D eigenvalue weighted by atomic mass is 10.1. The molecule has 2 aromatic rings. The van der Waals surface area contributed by atoms with Gasteiger partial charge in [-0.05, 0) is 59.3 Å². The number of benzene rings is 2. The van der Waals surface area contributed by atoms with Crippen molar-refractivity contribution in [1.29, 1.82) is 0 Å². The van der Waals surface area contributed by atoms with Crippen molar-refractivity contribution in [2.24, 2.45) is 0 Å². The maximum Gasteiger partial charge on any atom is 0.282 e. The molecule has 0 fully saturated rings. The van der Waals surface area contributed by atoms with Crippen LogP contribution in [0.5, 0.6) is 0 Å². The van der Waals surface area contributed by atoms with Gasteiger partial charge in [0.05, 0.1) is 4.92 Å². The van der Waals surface area contributed by atoms with E-state index in [0.717, 1.165) is 9.13 Å². The van der Waals surface area contributed by atoms with E-state index in [2.05, 4.69) is 27.9 Å². The van der Waals surface area contributed by atoms with Crippen LogP contribution in [0.3, 0.4) is 0 Å². The highest BCUT2D eigenvalue weighted by Crippen LogP contribution is 2.21. The molecule has 0 saturated heterocycles. The molecule has 5 nitrogen and oxygen atoms in total. The molecule has 0 aromatic heterocycles. The third kappa shape index (κ3) is 3.32. The molecule has 2 aromatic carbocycles. The fraction of sp³-hybridized carbons (Fsp3) is 0.0714. The largest absolute Gasteiger partial charge is 0.322 e. The van der Waals surface area contributed by atoms with Crippen LogP contribution in [-0.4, -0.2) is 10.8 Å². The molecule has 6 heteroatoms. The number of hydrogen-bond acceptors (Lipinski definition) is 3. The third-order valence-corrected chi connectivity index (χ3v) is 3.35. The first-order valence-electron chi connectivity index (χ1n) is 5.79. The number of rotatable bonds is 3. The molecule has 20 heavy (non-hydrogen) atoms. The molecule has 0 atom stereocenters. The minimum atomic E-state index is -0.552. The summed E-state index contributed by atoms with van der Waals surface area (Å²) in [6, 6.07) is 11.7. The van der Waals surface area contributed by atoms with E-state index in [-0.39, 0.29) is 11.3 Å². The molecule has 0 spiro atoms. The van der Waals surface area contributed by atoms with Gasteiger partial charge < -0.3 is 5.32 Å². The Kier molecular flexibility index (Phi) is 4.33. The first kappa shape index (κ1) is 14.4. The Morgan fingerprint density at radius 3 is 2.65 bits per heavy atom. The number of carbonyl (C=O) groups is 1. The topological polar surface area (TPSA) is 72.2 Å². The van der Waals surface area contributed by atoms with Crippen LogP contribution in [0, 0.1) is 20.6 Å². The summed E-state index contributed by atoms with van der Waals surface area (Å²) in [6.07, 6.45) is 0. The maximum atomic E-state index is 12.2. The summed E-state index contributed by atoms with van der Waals surface area (Å²) in [4.78, 5) is 22.6. The predicted octanol–water partition coefficient (Wildman–Crippen LogP) is 3.76. The second-order valence-electron chi connectivity index (χ2n) is 4.24. The first-order chi connectivity index (χ1) is 9.47. The zero-order valence-corrected chi connectivity index (χ0v) is 12.7. The molecule has 0 heterocycles. The van der Waals surface area contributed by atoms with E-state index in [1.54, 1.807) is 25.1 Å². The molecule has 0 radical (unpaired) electrons. The number of carbonyl (C=O) groups excluding carboxylic acids is 1. The van der Waals surface area contributed by atoms with Crippen LogP contribution >= 0.6 is 22.6 Å². The fourth-order valence-corrected chi connectivity index (χ4v) is 2.30. The van der Waals surface area contributed by atoms with Crippen LogP contribution in [0.4, 0.5) is 11.4 Å². The Bertz CT molecular complexity index is 686. The average molecular weight is 382 g/mol. The molecular weight excluding hydrogens is 371 g/mol. The van der Waals surface area contributed by atoms with E-state index in [4.69, 9.17) is 0 Å². The van der Waals surface area contributed by atoms with Gasteiger partial charge in [0.2, 0.25) is 0 Å². The Balaban J connectivity index is 2.34. The first-order valence-corrected chi connectivity index (χ1v) is 6.87. The van der Waals surface area contributed by atoms with Gasteiger partial charge in [-0.2, -0.15) is 0 Å². The summed E-state index contributed by atoms with van der Waals surface area (Å²) in [5.41, 5.74) is 1.27. The van der Waals surface area contributed by atoms with Crippen LogP contribution < -0.4 is 5.32 Å². The van der Waals surface area contributed by atoms with E-state index in [1.165, 1.54) is 12.1 Å². The molecule has 0 unspecified atom stereocenters. The maximum absolute atomic E-state index is 12.2. The number of aryl methyl sites for hydroxylation is 1. The number of nitrogens with zero attached hydrogens (tertiary/aromatic N) is 1. The molecular formula is C14H11IN2O3. The van der Waals surface area contributed by atoms with Crippen LogP contribution in [0.2, 0.25) is 0 Å². The minimum Gasteiger partial charge on any atom is -0.322 e. The SMILES string of the molecule is Cc1ccc([N+](=O)[O-])c(C(=O)Nc2cccc(I)c2)c1. The van der Waals surface area contributed by atoms with E-state index >= 15 is 0 Å². The van der Waals surface area contributed by atoms with Crippen LogP contribution in [0.25, 0.3) is 0 Å². The molecule has 0 bridgehead atoms. The summed E-state index contributed by atoms with van der Waals surface area (Å²) in [6.45, 7) is 1.78. The summed E-state index contributed by atoms with van der Waals surface area (Å²) < 4.78 is 0.971. The molecule has 0 aliphatic heterocycles. The molecule has 2 rings (SSSR count). The highest BCUT2D eigenvalue weighted by atomic mass is 127. The second-order valence-corrected chi connectivity index (χ2v) is 5.49. The van der Waals surface area contributed by atoms with Crippen molar-refractivity contribution in [3.63, 3.8) is 0 Å². The highest BCUT2D eigenvalue weighted by molar-refractivity contribution is 14.1. The number of nitro benzene ring substituents is 1. The average Bonchev–Trinajstić information content (AvgIpc) is 2.38. The van der Waals surface area contributed by atoms with E-state index in [9.17, 15) is 14.9 Å². The van der Waals surface area contributed by atoms with Gasteiger partial charge in [0.1, 0.15) is 5.56 Å². The zero-order chi connectivity index (χ0) is 14.7. The second kappa shape index (κ2) is 6.00. The van der Waals surface area contributed by atoms with Crippen molar-refractivity contribution in [2.45, 2.75) is 6.92 Å². The summed E-state index contributed by atoms with van der Waals surface area (Å²) in [5, 5.41) is 13.6. The van der Waals surface area contributed by atoms with Gasteiger partial charge in [-0.25, -0.2) is 0 Å². The van der Waals surface area contributed by atoms with E-state index in [1.807, 2.05) is 12.1 Å². The summed E-state index contributed by atoms with van der Waals surface area (Å²) >= 11 is 2.13. The van der Waals surface area contributed by atoms with Gasteiger partial charge in [-0.15, -0.1) is 0 Å². The Morgan fingerprint density at radius 2 is 2.00 bits per heavy atom. The van der Waals surface area contributed by atoms with Gasteiger partial charge in [0.15, 0.2) is 0 Å². The summed E-state index contributed by atoms with van der Waals surface area (Å²) in [5.74, 6) is -0.484. The molecule has 0 saturated carbocycles. The van der Waals surface area contributed by atoms with Crippen molar-refractivity contribution in [3.8, 4) is 0 Å². The van der Waals surface area contributed by atoms with E-state index < -0.39 is 10.8 Å². The molecule has 0 aliphatic carbocycles. The standard InChI is InChI=1S/C14H11IN2O3/c1-9-5-6-13(17(19)20)12(7-9)14(18)16-11-4-2-3-10(15)8-11/h2-8H,1H3,(H,16,18). The lowest BCUT2D eigenvalue weighted by Gasteiger charge is -2.07. The van der Waals surface area contributed by atoms with Crippen LogP contribution in [0.15, 0.2) is 42.5 Å². The smallest absolute Gasteiger partial charge is 0.282 e. The van der Waals surface area contributed by atoms with Crippen molar-refractivity contribution in [3.05, 3.63) is 67.3 Å². The minimum absolute atomic E-state index is 0.0638. The van der Waals surface area contributed by atoms with Gasteiger partial charge in [0, 0.05) is 15.3 Å². The lowest BCUT2D eigenvalue weighted by Crippen LogP contribution is -2.14. The molecule has 0 aliphatic rings. The number of nitro groups is 1. The molecule has 1 N–H and O–H groups in total.